The quantitative estimate of drug-likeness (QED) is 0.255. The van der Waals surface area contributed by atoms with Crippen LogP contribution in [0.15, 0.2) is 72.2 Å². The summed E-state index contributed by atoms with van der Waals surface area (Å²) < 4.78 is 56.6. The third-order valence-electron chi connectivity index (χ3n) is 8.67. The number of carbonyl (C=O) groups excluding carboxylic acids is 2. The number of nitrogens with one attached hydrogen (secondary N) is 2. The number of hydrogen-bond acceptors (Lipinski definition) is 6. The minimum Gasteiger partial charge on any atom is -0.344 e. The molecule has 2 N–H and O–H groups in total. The number of piperidine rings is 1. The van der Waals surface area contributed by atoms with Gasteiger partial charge in [0.1, 0.15) is 17.7 Å². The SMILES string of the molecule is CC1=C(C(=O)Nc2ccc3cnccc3c2)C(c2ccc(C(F)(F)F)c(F)c2)n2nc(C(=O)N(C)CC3CCN(C)CC3)cc2N1. The highest BCUT2D eigenvalue weighted by molar-refractivity contribution is 6.07. The van der Waals surface area contributed by atoms with E-state index in [0.717, 1.165) is 48.8 Å². The number of carbonyl (C=O) groups is 2. The van der Waals surface area contributed by atoms with Gasteiger partial charge in [-0.05, 0) is 87.1 Å². The molecule has 1 fully saturated rings. The maximum atomic E-state index is 14.9. The maximum absolute atomic E-state index is 14.9. The lowest BCUT2D eigenvalue weighted by Gasteiger charge is -2.31. The number of pyridine rings is 1. The molecule has 13 heteroatoms. The standard InChI is InChI=1S/C33H33F4N7O2/c1-19-29(31(45)40-24-6-4-23-17-38-11-8-21(23)14-24)30(22-5-7-25(26(34)15-22)33(35,36)37)44-28(39-19)16-27(41-44)32(46)43(3)18-20-9-12-42(2)13-10-20/h4-8,11,14-17,20,30,39H,9-10,12-13,18H2,1-3H3,(H,40,45). The molecule has 2 aromatic heterocycles. The molecule has 2 aliphatic heterocycles. The monoisotopic (exact) mass is 635 g/mol. The lowest BCUT2D eigenvalue weighted by Crippen LogP contribution is -2.38. The molecule has 0 bridgehead atoms. The van der Waals surface area contributed by atoms with Gasteiger partial charge in [0, 0.05) is 48.8 Å². The molecule has 1 saturated heterocycles. The molecule has 1 atom stereocenters. The molecular formula is C33H33F4N7O2. The molecule has 4 aromatic rings. The lowest BCUT2D eigenvalue weighted by atomic mass is 9.93. The summed E-state index contributed by atoms with van der Waals surface area (Å²) in [6, 6.07) is 10.0. The van der Waals surface area contributed by atoms with Crippen molar-refractivity contribution in [2.45, 2.75) is 32.0 Å². The Morgan fingerprint density at radius 2 is 1.83 bits per heavy atom. The first kappa shape index (κ1) is 31.2. The second kappa shape index (κ2) is 12.2. The summed E-state index contributed by atoms with van der Waals surface area (Å²) in [6.07, 6.45) is 0.351. The van der Waals surface area contributed by atoms with Gasteiger partial charge in [-0.2, -0.15) is 18.3 Å². The number of rotatable bonds is 6. The van der Waals surface area contributed by atoms with E-state index in [9.17, 15) is 27.2 Å². The Morgan fingerprint density at radius 3 is 2.54 bits per heavy atom. The van der Waals surface area contributed by atoms with Crippen LogP contribution >= 0.6 is 0 Å². The number of halogens is 4. The van der Waals surface area contributed by atoms with Crippen LogP contribution in [0.3, 0.4) is 0 Å². The van der Waals surface area contributed by atoms with Crippen molar-refractivity contribution in [2.24, 2.45) is 5.92 Å². The molecule has 2 aromatic carbocycles. The fourth-order valence-corrected chi connectivity index (χ4v) is 6.18. The number of fused-ring (bicyclic) bond motifs is 2. The van der Waals surface area contributed by atoms with E-state index >= 15 is 0 Å². The van der Waals surface area contributed by atoms with Crippen molar-refractivity contribution >= 4 is 34.1 Å². The Labute approximate surface area is 262 Å². The summed E-state index contributed by atoms with van der Waals surface area (Å²) in [6.45, 7) is 4.08. The minimum absolute atomic E-state index is 0.0594. The number of allylic oxidation sites excluding steroid dienone is 1. The predicted octanol–water partition coefficient (Wildman–Crippen LogP) is 5.93. The summed E-state index contributed by atoms with van der Waals surface area (Å²) >= 11 is 0. The molecule has 240 valence electrons. The third kappa shape index (κ3) is 6.19. The molecule has 0 radical (unpaired) electrons. The molecule has 4 heterocycles. The van der Waals surface area contributed by atoms with Gasteiger partial charge < -0.3 is 20.4 Å². The first-order chi connectivity index (χ1) is 21.9. The number of alkyl halides is 3. The van der Waals surface area contributed by atoms with Crippen molar-refractivity contribution in [1.82, 2.24) is 24.6 Å². The van der Waals surface area contributed by atoms with Gasteiger partial charge in [0.2, 0.25) is 0 Å². The van der Waals surface area contributed by atoms with Gasteiger partial charge >= 0.3 is 6.18 Å². The van der Waals surface area contributed by atoms with E-state index in [1.807, 2.05) is 0 Å². The first-order valence-electron chi connectivity index (χ1n) is 14.9. The molecule has 2 amide bonds. The van der Waals surface area contributed by atoms with E-state index in [2.05, 4.69) is 32.7 Å². The molecule has 0 aliphatic carbocycles. The number of likely N-dealkylation sites (tertiary alicyclic amines) is 1. The van der Waals surface area contributed by atoms with Crippen LogP contribution in [-0.2, 0) is 11.0 Å². The molecule has 0 saturated carbocycles. The number of anilines is 2. The number of hydrogen-bond donors (Lipinski definition) is 2. The maximum Gasteiger partial charge on any atom is 0.419 e. The van der Waals surface area contributed by atoms with E-state index in [4.69, 9.17) is 0 Å². The van der Waals surface area contributed by atoms with Crippen LogP contribution in [0.25, 0.3) is 10.8 Å². The van der Waals surface area contributed by atoms with Crippen LogP contribution in [0.1, 0.15) is 47.4 Å². The van der Waals surface area contributed by atoms with E-state index in [0.29, 0.717) is 35.7 Å². The Hall–Kier alpha value is -4.78. The highest BCUT2D eigenvalue weighted by Gasteiger charge is 2.38. The van der Waals surface area contributed by atoms with Crippen molar-refractivity contribution in [3.63, 3.8) is 0 Å². The van der Waals surface area contributed by atoms with Crippen molar-refractivity contribution in [1.29, 1.82) is 0 Å². The van der Waals surface area contributed by atoms with Crippen molar-refractivity contribution in [2.75, 3.05) is 44.4 Å². The third-order valence-corrected chi connectivity index (χ3v) is 8.67. The lowest BCUT2D eigenvalue weighted by molar-refractivity contribution is -0.140. The van der Waals surface area contributed by atoms with Gasteiger partial charge in [-0.3, -0.25) is 14.6 Å². The number of benzene rings is 2. The largest absolute Gasteiger partial charge is 0.419 e. The van der Waals surface area contributed by atoms with Gasteiger partial charge in [0.15, 0.2) is 5.69 Å². The van der Waals surface area contributed by atoms with Crippen LogP contribution in [0.2, 0.25) is 0 Å². The summed E-state index contributed by atoms with van der Waals surface area (Å²) in [7, 11) is 3.77. The highest BCUT2D eigenvalue weighted by Crippen LogP contribution is 2.39. The van der Waals surface area contributed by atoms with Crippen LogP contribution in [0.5, 0.6) is 0 Å². The van der Waals surface area contributed by atoms with E-state index in [1.165, 1.54) is 10.7 Å². The average molecular weight is 636 g/mol. The van der Waals surface area contributed by atoms with Crippen molar-refractivity contribution < 1.29 is 27.2 Å². The smallest absolute Gasteiger partial charge is 0.344 e. The van der Waals surface area contributed by atoms with Crippen LogP contribution in [-0.4, -0.2) is 70.1 Å². The predicted molar refractivity (Wildman–Crippen MR) is 166 cm³/mol. The van der Waals surface area contributed by atoms with E-state index in [-0.39, 0.29) is 22.7 Å². The van der Waals surface area contributed by atoms with Gasteiger partial charge in [0.25, 0.3) is 11.8 Å². The Morgan fingerprint density at radius 1 is 1.07 bits per heavy atom. The normalized spacial score (nSPS) is 17.5. The molecule has 9 nitrogen and oxygen atoms in total. The summed E-state index contributed by atoms with van der Waals surface area (Å²) in [4.78, 5) is 35.4. The molecule has 0 spiro atoms. The van der Waals surface area contributed by atoms with Gasteiger partial charge in [0.05, 0.1) is 11.1 Å². The van der Waals surface area contributed by atoms with Crippen molar-refractivity contribution in [3.05, 3.63) is 94.8 Å². The Bertz CT molecular complexity index is 1840. The molecular weight excluding hydrogens is 602 g/mol. The highest BCUT2D eigenvalue weighted by atomic mass is 19.4. The topological polar surface area (TPSA) is 95.4 Å². The first-order valence-corrected chi connectivity index (χ1v) is 14.9. The molecule has 6 rings (SSSR count). The Balaban J connectivity index is 1.35. The average Bonchev–Trinajstić information content (AvgIpc) is 3.43. The van der Waals surface area contributed by atoms with Gasteiger partial charge in [-0.1, -0.05) is 12.1 Å². The Kier molecular flexibility index (Phi) is 8.28. The zero-order valence-electron chi connectivity index (χ0n) is 25.5. The van der Waals surface area contributed by atoms with E-state index < -0.39 is 29.5 Å². The second-order valence-corrected chi connectivity index (χ2v) is 12.0. The van der Waals surface area contributed by atoms with Gasteiger partial charge in [-0.25, -0.2) is 9.07 Å². The summed E-state index contributed by atoms with van der Waals surface area (Å²) in [5.41, 5.74) is -0.326. The van der Waals surface area contributed by atoms with Crippen LogP contribution in [0, 0.1) is 11.7 Å². The second-order valence-electron chi connectivity index (χ2n) is 12.0. The zero-order valence-corrected chi connectivity index (χ0v) is 25.5. The number of nitrogens with zero attached hydrogens (tertiary/aromatic N) is 5. The van der Waals surface area contributed by atoms with E-state index in [1.54, 1.807) is 55.5 Å². The molecule has 1 unspecified atom stereocenters. The van der Waals surface area contributed by atoms with Gasteiger partial charge in [-0.15, -0.1) is 0 Å². The summed E-state index contributed by atoms with van der Waals surface area (Å²) in [5, 5.41) is 12.2. The summed E-state index contributed by atoms with van der Waals surface area (Å²) in [5.74, 6) is -1.71. The van der Waals surface area contributed by atoms with Crippen LogP contribution < -0.4 is 10.6 Å². The van der Waals surface area contributed by atoms with Crippen molar-refractivity contribution in [3.8, 4) is 0 Å². The molecule has 46 heavy (non-hydrogen) atoms. The minimum atomic E-state index is -4.90. The fourth-order valence-electron chi connectivity index (χ4n) is 6.18. The zero-order chi connectivity index (χ0) is 32.7. The fraction of sp³-hybridized carbons (Fsp3) is 0.333. The number of aromatic nitrogens is 3. The van der Waals surface area contributed by atoms with Crippen LogP contribution in [0.4, 0.5) is 29.1 Å². The molecule has 2 aliphatic rings. The number of amides is 2.